The summed E-state index contributed by atoms with van der Waals surface area (Å²) < 4.78 is 35.9. The Kier molecular flexibility index (Phi) is 6.13. The first-order valence-corrected chi connectivity index (χ1v) is 4.32. The minimum Gasteiger partial charge on any atom is -0.448 e. The molecule has 1 aliphatic rings. The minimum atomic E-state index is -4.63. The first-order valence-electron chi connectivity index (χ1n) is 4.32. The SMILES string of the molecule is CC1CN(C[B-](F)(F)F)CC1C.[K+]. The summed E-state index contributed by atoms with van der Waals surface area (Å²) in [6.45, 7) is 0.584. The fourth-order valence-electron chi connectivity index (χ4n) is 1.69. The molecule has 1 nitrogen and oxygen atoms in total. The van der Waals surface area contributed by atoms with Crippen LogP contribution in [0, 0.1) is 11.8 Å². The van der Waals surface area contributed by atoms with Crippen molar-refractivity contribution in [3.8, 4) is 0 Å². The van der Waals surface area contributed by atoms with E-state index in [1.54, 1.807) is 0 Å². The van der Waals surface area contributed by atoms with Gasteiger partial charge in [0.05, 0.1) is 0 Å². The van der Waals surface area contributed by atoms with Gasteiger partial charge in [0.2, 0.25) is 0 Å². The molecule has 0 radical (unpaired) electrons. The molecule has 0 aromatic heterocycles. The molecule has 2 atom stereocenters. The molecule has 0 saturated carbocycles. The third-order valence-corrected chi connectivity index (χ3v) is 2.53. The van der Waals surface area contributed by atoms with Crippen LogP contribution in [0.2, 0.25) is 0 Å². The van der Waals surface area contributed by atoms with Gasteiger partial charge in [-0.05, 0) is 31.4 Å². The van der Waals surface area contributed by atoms with Gasteiger partial charge in [-0.1, -0.05) is 13.8 Å². The maximum atomic E-state index is 12.0. The number of likely N-dealkylation sites (tertiary alicyclic amines) is 1. The Bertz CT molecular complexity index is 154. The number of hydrogen-bond acceptors (Lipinski definition) is 1. The Labute approximate surface area is 120 Å². The Balaban J connectivity index is 0.00000144. The van der Waals surface area contributed by atoms with Crippen molar-refractivity contribution in [3.63, 3.8) is 0 Å². The molecule has 13 heavy (non-hydrogen) atoms. The largest absolute Gasteiger partial charge is 1.00 e. The molecule has 0 aromatic rings. The smallest absolute Gasteiger partial charge is 0.448 e. The molecule has 1 saturated heterocycles. The monoisotopic (exact) mass is 219 g/mol. The quantitative estimate of drug-likeness (QED) is 0.536. The fourth-order valence-corrected chi connectivity index (χ4v) is 1.69. The zero-order valence-corrected chi connectivity index (χ0v) is 11.6. The average Bonchev–Trinajstić information content (AvgIpc) is 2.07. The summed E-state index contributed by atoms with van der Waals surface area (Å²) in [6.07, 6.45) is -0.686. The molecule has 0 N–H and O–H groups in total. The van der Waals surface area contributed by atoms with E-state index < -0.39 is 13.4 Å². The standard InChI is InChI=1S/C7H14BF3N.K/c1-6-3-12(4-7(6)2)5-8(9,10)11;/h6-7H,3-5H2,1-2H3;/q-1;+1. The van der Waals surface area contributed by atoms with E-state index in [2.05, 4.69) is 0 Å². The molecule has 1 fully saturated rings. The molecule has 0 aliphatic carbocycles. The Hall–Kier alpha value is 1.45. The maximum Gasteiger partial charge on any atom is 1.00 e. The predicted octanol–water partition coefficient (Wildman–Crippen LogP) is -1.04. The van der Waals surface area contributed by atoms with E-state index in [-0.39, 0.29) is 51.4 Å². The minimum absolute atomic E-state index is 0. The predicted molar refractivity (Wildman–Crippen MR) is 43.8 cm³/mol. The van der Waals surface area contributed by atoms with Crippen LogP contribution in [0.15, 0.2) is 0 Å². The van der Waals surface area contributed by atoms with Crippen LogP contribution in [0.1, 0.15) is 13.8 Å². The zero-order chi connectivity index (χ0) is 9.35. The van der Waals surface area contributed by atoms with E-state index in [1.165, 1.54) is 4.90 Å². The maximum absolute atomic E-state index is 12.0. The van der Waals surface area contributed by atoms with Crippen LogP contribution < -0.4 is 51.4 Å². The molecule has 0 spiro atoms. The summed E-state index contributed by atoms with van der Waals surface area (Å²) in [7, 11) is 0. The van der Waals surface area contributed by atoms with Crippen LogP contribution in [-0.2, 0) is 0 Å². The van der Waals surface area contributed by atoms with Crippen LogP contribution in [0.5, 0.6) is 0 Å². The van der Waals surface area contributed by atoms with E-state index in [0.717, 1.165) is 0 Å². The van der Waals surface area contributed by atoms with Crippen molar-refractivity contribution in [1.29, 1.82) is 0 Å². The van der Waals surface area contributed by atoms with Gasteiger partial charge in [0.1, 0.15) is 0 Å². The molecule has 6 heteroatoms. The van der Waals surface area contributed by atoms with Gasteiger partial charge >= 0.3 is 58.4 Å². The van der Waals surface area contributed by atoms with Gasteiger partial charge in [-0.2, -0.15) is 0 Å². The summed E-state index contributed by atoms with van der Waals surface area (Å²) in [4.78, 5) is 1.51. The summed E-state index contributed by atoms with van der Waals surface area (Å²) in [5, 5.41) is 0. The summed E-state index contributed by atoms with van der Waals surface area (Å²) in [5.74, 6) is 0.811. The molecular formula is C7H14BF3KN. The van der Waals surface area contributed by atoms with Crippen molar-refractivity contribution in [3.05, 3.63) is 0 Å². The van der Waals surface area contributed by atoms with Gasteiger partial charge in [0.25, 0.3) is 0 Å². The average molecular weight is 219 g/mol. The molecule has 1 aliphatic heterocycles. The van der Waals surface area contributed by atoms with Gasteiger partial charge in [-0.3, -0.25) is 0 Å². The third-order valence-electron chi connectivity index (χ3n) is 2.53. The fraction of sp³-hybridized carbons (Fsp3) is 1.00. The van der Waals surface area contributed by atoms with E-state index in [9.17, 15) is 12.9 Å². The van der Waals surface area contributed by atoms with Crippen LogP contribution >= 0.6 is 0 Å². The van der Waals surface area contributed by atoms with Crippen molar-refractivity contribution < 1.29 is 64.3 Å². The van der Waals surface area contributed by atoms with E-state index >= 15 is 0 Å². The number of rotatable bonds is 2. The van der Waals surface area contributed by atoms with Crippen LogP contribution in [0.3, 0.4) is 0 Å². The first-order chi connectivity index (χ1) is 5.38. The molecule has 0 bridgehead atoms. The summed E-state index contributed by atoms with van der Waals surface area (Å²) in [6, 6.07) is 0. The second-order valence-electron chi connectivity index (χ2n) is 3.88. The summed E-state index contributed by atoms with van der Waals surface area (Å²) in [5.41, 5.74) is 0. The molecule has 0 amide bonds. The Morgan fingerprint density at radius 1 is 1.15 bits per heavy atom. The second kappa shape index (κ2) is 5.51. The van der Waals surface area contributed by atoms with E-state index in [4.69, 9.17) is 0 Å². The molecule has 0 aromatic carbocycles. The molecule has 1 heterocycles. The van der Waals surface area contributed by atoms with Crippen LogP contribution in [-0.4, -0.2) is 31.4 Å². The van der Waals surface area contributed by atoms with Gasteiger partial charge in [-0.25, -0.2) is 0 Å². The van der Waals surface area contributed by atoms with Crippen LogP contribution in [0.25, 0.3) is 0 Å². The van der Waals surface area contributed by atoms with Gasteiger partial charge in [0, 0.05) is 0 Å². The van der Waals surface area contributed by atoms with Crippen molar-refractivity contribution in [2.24, 2.45) is 11.8 Å². The number of hydrogen-bond donors (Lipinski definition) is 0. The molecule has 72 valence electrons. The normalized spacial score (nSPS) is 30.2. The molecular weight excluding hydrogens is 205 g/mol. The molecule has 2 unspecified atom stereocenters. The van der Waals surface area contributed by atoms with Crippen molar-refractivity contribution in [2.75, 3.05) is 19.5 Å². The van der Waals surface area contributed by atoms with E-state index in [0.29, 0.717) is 24.9 Å². The Morgan fingerprint density at radius 3 is 1.85 bits per heavy atom. The van der Waals surface area contributed by atoms with Gasteiger partial charge in [0.15, 0.2) is 0 Å². The number of nitrogens with zero attached hydrogens (tertiary/aromatic N) is 1. The molecule has 1 rings (SSSR count). The first kappa shape index (κ1) is 14.5. The van der Waals surface area contributed by atoms with Gasteiger partial charge < -0.3 is 17.8 Å². The van der Waals surface area contributed by atoms with E-state index in [1.807, 2.05) is 13.8 Å². The van der Waals surface area contributed by atoms with Crippen molar-refractivity contribution >= 4 is 6.98 Å². The van der Waals surface area contributed by atoms with Crippen molar-refractivity contribution in [1.82, 2.24) is 4.90 Å². The van der Waals surface area contributed by atoms with Crippen molar-refractivity contribution in [2.45, 2.75) is 13.8 Å². The third kappa shape index (κ3) is 5.18. The summed E-state index contributed by atoms with van der Waals surface area (Å²) >= 11 is 0. The topological polar surface area (TPSA) is 3.24 Å². The van der Waals surface area contributed by atoms with Crippen LogP contribution in [0.4, 0.5) is 12.9 Å². The van der Waals surface area contributed by atoms with Gasteiger partial charge in [-0.15, -0.1) is 0 Å². The Morgan fingerprint density at radius 2 is 1.54 bits per heavy atom. The number of halogens is 3. The zero-order valence-electron chi connectivity index (χ0n) is 8.43. The second-order valence-corrected chi connectivity index (χ2v) is 3.88.